The molecule has 19 heavy (non-hydrogen) atoms. The van der Waals surface area contributed by atoms with E-state index in [1.807, 2.05) is 6.07 Å². The van der Waals surface area contributed by atoms with Gasteiger partial charge in [-0.05, 0) is 39.9 Å². The smallest absolute Gasteiger partial charge is 0.131 e. The topological polar surface area (TPSA) is 37.8 Å². The third kappa shape index (κ3) is 2.78. The minimum Gasteiger partial charge on any atom is -0.367 e. The number of nitrogens with one attached hydrogen (secondary N) is 1. The van der Waals surface area contributed by atoms with Gasteiger partial charge in [0, 0.05) is 18.5 Å². The second kappa shape index (κ2) is 5.29. The number of aryl methyl sites for hydroxylation is 1. The first-order chi connectivity index (χ1) is 9.24. The normalized spacial score (nSPS) is 14.4. The summed E-state index contributed by atoms with van der Waals surface area (Å²) in [7, 11) is 0. The van der Waals surface area contributed by atoms with E-state index < -0.39 is 0 Å². The van der Waals surface area contributed by atoms with Crippen molar-refractivity contribution in [3.05, 3.63) is 51.9 Å². The van der Waals surface area contributed by atoms with Gasteiger partial charge in [0.15, 0.2) is 0 Å². The van der Waals surface area contributed by atoms with Gasteiger partial charge in [0.25, 0.3) is 0 Å². The van der Waals surface area contributed by atoms with Crippen molar-refractivity contribution in [3.63, 3.8) is 0 Å². The van der Waals surface area contributed by atoms with E-state index in [1.165, 1.54) is 11.1 Å². The molecular weight excluding hydrogens is 302 g/mol. The lowest BCUT2D eigenvalue weighted by Gasteiger charge is -2.13. The van der Waals surface area contributed by atoms with Crippen LogP contribution < -0.4 is 5.32 Å². The third-order valence-electron chi connectivity index (χ3n) is 3.46. The van der Waals surface area contributed by atoms with Gasteiger partial charge in [-0.15, -0.1) is 0 Å². The number of nitrogens with zero attached hydrogens (tertiary/aromatic N) is 2. The highest BCUT2D eigenvalue weighted by Gasteiger charge is 2.21. The molecule has 0 aliphatic heterocycles. The molecule has 1 aliphatic carbocycles. The van der Waals surface area contributed by atoms with Gasteiger partial charge < -0.3 is 5.32 Å². The van der Waals surface area contributed by atoms with Crippen LogP contribution in [0.1, 0.15) is 23.9 Å². The van der Waals surface area contributed by atoms with Gasteiger partial charge in [0.1, 0.15) is 16.2 Å². The van der Waals surface area contributed by atoms with Crippen LogP contribution in [0.5, 0.6) is 0 Å². The quantitative estimate of drug-likeness (QED) is 0.882. The molecule has 0 spiro atoms. The minimum absolute atomic E-state index is 0.434. The van der Waals surface area contributed by atoms with Crippen molar-refractivity contribution in [3.8, 4) is 0 Å². The maximum Gasteiger partial charge on any atom is 0.131 e. The van der Waals surface area contributed by atoms with Crippen LogP contribution in [0.4, 0.5) is 5.82 Å². The van der Waals surface area contributed by atoms with Crippen LogP contribution in [0.3, 0.4) is 0 Å². The van der Waals surface area contributed by atoms with Gasteiger partial charge in [-0.3, -0.25) is 0 Å². The van der Waals surface area contributed by atoms with Crippen LogP contribution in [-0.4, -0.2) is 16.0 Å². The molecule has 4 heteroatoms. The van der Waals surface area contributed by atoms with E-state index in [9.17, 15) is 0 Å². The molecule has 3 rings (SSSR count). The second-order valence-electron chi connectivity index (χ2n) is 4.86. The Morgan fingerprint density at radius 3 is 2.53 bits per heavy atom. The molecule has 1 N–H and O–H groups in total. The summed E-state index contributed by atoms with van der Waals surface area (Å²) >= 11 is 3.44. The Hall–Kier alpha value is -1.42. The van der Waals surface area contributed by atoms with Crippen LogP contribution in [0.25, 0.3) is 0 Å². The summed E-state index contributed by atoms with van der Waals surface area (Å²) in [5, 5.41) is 3.52. The zero-order valence-electron chi connectivity index (χ0n) is 10.9. The predicted molar refractivity (Wildman–Crippen MR) is 80.4 cm³/mol. The molecule has 1 aromatic carbocycles. The van der Waals surface area contributed by atoms with Gasteiger partial charge in [0.05, 0.1) is 0 Å². The van der Waals surface area contributed by atoms with Crippen molar-refractivity contribution in [2.75, 3.05) is 5.32 Å². The molecule has 0 radical (unpaired) electrons. The molecule has 0 saturated heterocycles. The largest absolute Gasteiger partial charge is 0.367 e. The number of fused-ring (bicyclic) bond motifs is 1. The van der Waals surface area contributed by atoms with Crippen molar-refractivity contribution < 1.29 is 0 Å². The van der Waals surface area contributed by atoms with E-state index in [2.05, 4.69) is 62.4 Å². The standard InChI is InChI=1S/C15H16BrN3/c1-2-14-18-13(16)9-15(19-14)17-12-7-10-5-3-4-6-11(10)8-12/h3-6,9,12H,2,7-8H2,1H3,(H,17,18,19). The first-order valence-corrected chi connectivity index (χ1v) is 7.40. The molecule has 0 bridgehead atoms. The Balaban J connectivity index is 1.75. The van der Waals surface area contributed by atoms with E-state index in [0.717, 1.165) is 35.5 Å². The van der Waals surface area contributed by atoms with Crippen molar-refractivity contribution in [1.82, 2.24) is 9.97 Å². The molecular formula is C15H16BrN3. The van der Waals surface area contributed by atoms with Gasteiger partial charge in [0.2, 0.25) is 0 Å². The number of hydrogen-bond acceptors (Lipinski definition) is 3. The van der Waals surface area contributed by atoms with Crippen LogP contribution in [0.2, 0.25) is 0 Å². The average molecular weight is 318 g/mol. The van der Waals surface area contributed by atoms with E-state index in [4.69, 9.17) is 0 Å². The number of hydrogen-bond donors (Lipinski definition) is 1. The van der Waals surface area contributed by atoms with E-state index in [1.54, 1.807) is 0 Å². The average Bonchev–Trinajstić information content (AvgIpc) is 2.80. The van der Waals surface area contributed by atoms with Gasteiger partial charge in [-0.25, -0.2) is 9.97 Å². The van der Waals surface area contributed by atoms with Crippen LogP contribution in [0, 0.1) is 0 Å². The molecule has 1 aliphatic rings. The molecule has 3 nitrogen and oxygen atoms in total. The molecule has 0 fully saturated rings. The number of rotatable bonds is 3. The SMILES string of the molecule is CCc1nc(Br)cc(NC2Cc3ccccc3C2)n1. The monoisotopic (exact) mass is 317 g/mol. The molecule has 98 valence electrons. The van der Waals surface area contributed by atoms with Crippen LogP contribution >= 0.6 is 15.9 Å². The summed E-state index contributed by atoms with van der Waals surface area (Å²) < 4.78 is 0.845. The van der Waals surface area contributed by atoms with E-state index in [0.29, 0.717) is 6.04 Å². The maximum atomic E-state index is 4.53. The molecule has 0 saturated carbocycles. The Bertz CT molecular complexity index is 573. The lowest BCUT2D eigenvalue weighted by Crippen LogP contribution is -2.20. The Morgan fingerprint density at radius 2 is 1.89 bits per heavy atom. The van der Waals surface area contributed by atoms with Crippen LogP contribution in [0.15, 0.2) is 34.9 Å². The van der Waals surface area contributed by atoms with Crippen molar-refractivity contribution in [2.45, 2.75) is 32.2 Å². The Morgan fingerprint density at radius 1 is 1.21 bits per heavy atom. The highest BCUT2D eigenvalue weighted by Crippen LogP contribution is 2.24. The summed E-state index contributed by atoms with van der Waals surface area (Å²) in [6.45, 7) is 2.07. The highest BCUT2D eigenvalue weighted by molar-refractivity contribution is 9.10. The van der Waals surface area contributed by atoms with Crippen molar-refractivity contribution >= 4 is 21.7 Å². The maximum absolute atomic E-state index is 4.53. The third-order valence-corrected chi connectivity index (χ3v) is 3.87. The van der Waals surface area contributed by atoms with Gasteiger partial charge in [-0.2, -0.15) is 0 Å². The molecule has 1 heterocycles. The number of halogens is 1. The van der Waals surface area contributed by atoms with Gasteiger partial charge in [-0.1, -0.05) is 31.2 Å². The summed E-state index contributed by atoms with van der Waals surface area (Å²) in [5.74, 6) is 1.78. The zero-order valence-corrected chi connectivity index (χ0v) is 12.4. The summed E-state index contributed by atoms with van der Waals surface area (Å²) in [6, 6.07) is 11.0. The number of benzene rings is 1. The van der Waals surface area contributed by atoms with Crippen molar-refractivity contribution in [2.24, 2.45) is 0 Å². The van der Waals surface area contributed by atoms with E-state index >= 15 is 0 Å². The number of anilines is 1. The summed E-state index contributed by atoms with van der Waals surface area (Å²) in [4.78, 5) is 8.86. The van der Waals surface area contributed by atoms with Crippen LogP contribution in [-0.2, 0) is 19.3 Å². The summed E-state index contributed by atoms with van der Waals surface area (Å²) in [5.41, 5.74) is 2.90. The molecule has 2 aromatic rings. The Labute approximate surface area is 121 Å². The van der Waals surface area contributed by atoms with Crippen molar-refractivity contribution in [1.29, 1.82) is 0 Å². The predicted octanol–water partition coefficient (Wildman–Crippen LogP) is 3.38. The minimum atomic E-state index is 0.434. The fourth-order valence-corrected chi connectivity index (χ4v) is 2.99. The molecule has 0 unspecified atom stereocenters. The Kier molecular flexibility index (Phi) is 3.51. The van der Waals surface area contributed by atoms with Gasteiger partial charge >= 0.3 is 0 Å². The lowest BCUT2D eigenvalue weighted by molar-refractivity contribution is 0.763. The zero-order chi connectivity index (χ0) is 13.2. The second-order valence-corrected chi connectivity index (χ2v) is 5.68. The fraction of sp³-hybridized carbons (Fsp3) is 0.333. The fourth-order valence-electron chi connectivity index (χ4n) is 2.57. The first kappa shape index (κ1) is 12.6. The number of aromatic nitrogens is 2. The first-order valence-electron chi connectivity index (χ1n) is 6.61. The van der Waals surface area contributed by atoms with E-state index in [-0.39, 0.29) is 0 Å². The highest BCUT2D eigenvalue weighted by atomic mass is 79.9. The summed E-state index contributed by atoms with van der Waals surface area (Å²) in [6.07, 6.45) is 2.98. The molecule has 0 amide bonds. The molecule has 1 aromatic heterocycles. The lowest BCUT2D eigenvalue weighted by atomic mass is 10.1. The molecule has 0 atom stereocenters.